The normalized spacial score (nSPS) is 16.0. The molecule has 1 aliphatic rings. The first kappa shape index (κ1) is 21.5. The van der Waals surface area contributed by atoms with Crippen LogP contribution in [0.25, 0.3) is 0 Å². The average Bonchev–Trinajstić information content (AvgIpc) is 2.67. The van der Waals surface area contributed by atoms with Crippen molar-refractivity contribution in [3.05, 3.63) is 58.7 Å². The van der Waals surface area contributed by atoms with Gasteiger partial charge in [-0.15, -0.1) is 0 Å². The first-order chi connectivity index (χ1) is 13.7. The predicted molar refractivity (Wildman–Crippen MR) is 116 cm³/mol. The molecule has 1 N–H and O–H groups in total. The summed E-state index contributed by atoms with van der Waals surface area (Å²) in [5.41, 5.74) is 4.38. The SMILES string of the molecule is Cc1cc(C)c(C)c(S(=O)(=O)N2CCN(CC(=O)Nc3ccccc3)CC2)c1C. The number of aryl methyl sites for hydroxylation is 2. The molecule has 6 nitrogen and oxygen atoms in total. The van der Waals surface area contributed by atoms with Gasteiger partial charge >= 0.3 is 0 Å². The molecule has 1 heterocycles. The zero-order chi connectivity index (χ0) is 21.2. The van der Waals surface area contributed by atoms with Crippen molar-refractivity contribution in [1.82, 2.24) is 9.21 Å². The summed E-state index contributed by atoms with van der Waals surface area (Å²) in [4.78, 5) is 14.7. The van der Waals surface area contributed by atoms with Crippen molar-refractivity contribution in [3.8, 4) is 0 Å². The summed E-state index contributed by atoms with van der Waals surface area (Å²) < 4.78 is 28.2. The number of rotatable bonds is 5. The van der Waals surface area contributed by atoms with Crippen LogP contribution in [0.1, 0.15) is 22.3 Å². The van der Waals surface area contributed by atoms with Gasteiger partial charge in [-0.25, -0.2) is 8.42 Å². The highest BCUT2D eigenvalue weighted by atomic mass is 32.2. The highest BCUT2D eigenvalue weighted by Crippen LogP contribution is 2.29. The van der Waals surface area contributed by atoms with E-state index in [4.69, 9.17) is 0 Å². The van der Waals surface area contributed by atoms with Crippen molar-refractivity contribution in [2.24, 2.45) is 0 Å². The zero-order valence-electron chi connectivity index (χ0n) is 17.5. The summed E-state index contributed by atoms with van der Waals surface area (Å²) >= 11 is 0. The van der Waals surface area contributed by atoms with E-state index < -0.39 is 10.0 Å². The van der Waals surface area contributed by atoms with Gasteiger partial charge in [-0.1, -0.05) is 24.3 Å². The van der Waals surface area contributed by atoms with Gasteiger partial charge in [-0.3, -0.25) is 9.69 Å². The number of carbonyl (C=O) groups is 1. The van der Waals surface area contributed by atoms with Crippen LogP contribution in [0.4, 0.5) is 5.69 Å². The third kappa shape index (κ3) is 4.69. The minimum Gasteiger partial charge on any atom is -0.325 e. The fourth-order valence-corrected chi connectivity index (χ4v) is 5.75. The predicted octanol–water partition coefficient (Wildman–Crippen LogP) is 2.87. The summed E-state index contributed by atoms with van der Waals surface area (Å²) in [5, 5.41) is 2.87. The second-order valence-corrected chi connectivity index (χ2v) is 9.56. The van der Waals surface area contributed by atoms with Crippen molar-refractivity contribution < 1.29 is 13.2 Å². The number of piperazine rings is 1. The van der Waals surface area contributed by atoms with Crippen LogP contribution in [0, 0.1) is 27.7 Å². The Hall–Kier alpha value is -2.22. The van der Waals surface area contributed by atoms with E-state index >= 15 is 0 Å². The Bertz CT molecular complexity index is 969. The maximum atomic E-state index is 13.3. The van der Waals surface area contributed by atoms with Crippen molar-refractivity contribution in [1.29, 1.82) is 0 Å². The quantitative estimate of drug-likeness (QED) is 0.815. The number of nitrogens with one attached hydrogen (secondary N) is 1. The smallest absolute Gasteiger partial charge is 0.243 e. The molecule has 1 aliphatic heterocycles. The Labute approximate surface area is 173 Å². The molecule has 156 valence electrons. The lowest BCUT2D eigenvalue weighted by molar-refractivity contribution is -0.117. The third-order valence-corrected chi connectivity index (χ3v) is 7.82. The van der Waals surface area contributed by atoms with Gasteiger partial charge in [0.2, 0.25) is 15.9 Å². The summed E-state index contributed by atoms with van der Waals surface area (Å²) in [6.07, 6.45) is 0. The van der Waals surface area contributed by atoms with Gasteiger partial charge in [0.1, 0.15) is 0 Å². The Kier molecular flexibility index (Phi) is 6.41. The van der Waals surface area contributed by atoms with Gasteiger partial charge in [0.25, 0.3) is 0 Å². The van der Waals surface area contributed by atoms with Crippen molar-refractivity contribution in [2.75, 3.05) is 38.0 Å². The lowest BCUT2D eigenvalue weighted by atomic mass is 10.0. The van der Waals surface area contributed by atoms with Gasteiger partial charge in [-0.2, -0.15) is 4.31 Å². The van der Waals surface area contributed by atoms with E-state index in [1.807, 2.05) is 69.0 Å². The van der Waals surface area contributed by atoms with E-state index in [9.17, 15) is 13.2 Å². The molecule has 0 bridgehead atoms. The van der Waals surface area contributed by atoms with Gasteiger partial charge in [0.15, 0.2) is 0 Å². The van der Waals surface area contributed by atoms with Gasteiger partial charge < -0.3 is 5.32 Å². The summed E-state index contributed by atoms with van der Waals surface area (Å²) in [7, 11) is -3.56. The molecule has 29 heavy (non-hydrogen) atoms. The van der Waals surface area contributed by atoms with Crippen LogP contribution >= 0.6 is 0 Å². The Balaban J connectivity index is 1.65. The molecule has 0 unspecified atom stereocenters. The van der Waals surface area contributed by atoms with Crippen molar-refractivity contribution in [3.63, 3.8) is 0 Å². The van der Waals surface area contributed by atoms with Crippen LogP contribution in [-0.4, -0.2) is 56.3 Å². The maximum absolute atomic E-state index is 13.3. The standard InChI is InChI=1S/C22H29N3O3S/c1-16-14-17(2)19(4)22(18(16)3)29(27,28)25-12-10-24(11-13-25)15-21(26)23-20-8-6-5-7-9-20/h5-9,14H,10-13,15H2,1-4H3,(H,23,26). The highest BCUT2D eigenvalue weighted by molar-refractivity contribution is 7.89. The number of amides is 1. The molecule has 0 spiro atoms. The molecule has 2 aromatic rings. The molecule has 1 saturated heterocycles. The lowest BCUT2D eigenvalue weighted by Crippen LogP contribution is -2.50. The third-order valence-electron chi connectivity index (χ3n) is 5.65. The molecule has 0 saturated carbocycles. The lowest BCUT2D eigenvalue weighted by Gasteiger charge is -2.34. The number of hydrogen-bond acceptors (Lipinski definition) is 4. The molecule has 1 amide bonds. The van der Waals surface area contributed by atoms with E-state index in [-0.39, 0.29) is 12.5 Å². The molecule has 0 atom stereocenters. The molecule has 7 heteroatoms. The first-order valence-electron chi connectivity index (χ1n) is 9.85. The number of sulfonamides is 1. The number of nitrogens with zero attached hydrogens (tertiary/aromatic N) is 2. The summed E-state index contributed by atoms with van der Waals surface area (Å²) in [5.74, 6) is -0.0893. The summed E-state index contributed by atoms with van der Waals surface area (Å²) in [6, 6.07) is 11.4. The molecule has 2 aromatic carbocycles. The Morgan fingerprint density at radius 1 is 0.931 bits per heavy atom. The minimum atomic E-state index is -3.56. The van der Waals surface area contributed by atoms with Crippen LogP contribution in [0.3, 0.4) is 0 Å². The van der Waals surface area contributed by atoms with Gasteiger partial charge in [-0.05, 0) is 62.1 Å². The largest absolute Gasteiger partial charge is 0.325 e. The van der Waals surface area contributed by atoms with E-state index in [1.54, 1.807) is 4.31 Å². The van der Waals surface area contributed by atoms with E-state index in [0.717, 1.165) is 27.9 Å². The Morgan fingerprint density at radius 2 is 1.48 bits per heavy atom. The van der Waals surface area contributed by atoms with E-state index in [2.05, 4.69) is 5.32 Å². The second kappa shape index (κ2) is 8.65. The van der Waals surface area contributed by atoms with E-state index in [1.165, 1.54) is 0 Å². The zero-order valence-corrected chi connectivity index (χ0v) is 18.3. The monoisotopic (exact) mass is 415 g/mol. The van der Waals surface area contributed by atoms with Crippen LogP contribution in [0.2, 0.25) is 0 Å². The number of hydrogen-bond donors (Lipinski definition) is 1. The minimum absolute atomic E-state index is 0.0893. The topological polar surface area (TPSA) is 69.7 Å². The van der Waals surface area contributed by atoms with Crippen molar-refractivity contribution in [2.45, 2.75) is 32.6 Å². The van der Waals surface area contributed by atoms with Crippen LogP contribution < -0.4 is 5.32 Å². The molecule has 0 aliphatic carbocycles. The molecule has 1 fully saturated rings. The number of benzene rings is 2. The molecule has 0 aromatic heterocycles. The Morgan fingerprint density at radius 3 is 2.03 bits per heavy atom. The van der Waals surface area contributed by atoms with Gasteiger partial charge in [0.05, 0.1) is 11.4 Å². The van der Waals surface area contributed by atoms with Crippen LogP contribution in [0.5, 0.6) is 0 Å². The summed E-state index contributed by atoms with van der Waals surface area (Å²) in [6.45, 7) is 9.73. The maximum Gasteiger partial charge on any atom is 0.243 e. The van der Waals surface area contributed by atoms with E-state index in [0.29, 0.717) is 31.1 Å². The van der Waals surface area contributed by atoms with Crippen LogP contribution in [0.15, 0.2) is 41.3 Å². The number of carbonyl (C=O) groups excluding carboxylic acids is 1. The van der Waals surface area contributed by atoms with Crippen molar-refractivity contribution >= 4 is 21.6 Å². The number of anilines is 1. The molecule has 0 radical (unpaired) electrons. The molecular weight excluding hydrogens is 386 g/mol. The molecule has 3 rings (SSSR count). The van der Waals surface area contributed by atoms with Crippen LogP contribution in [-0.2, 0) is 14.8 Å². The number of para-hydroxylation sites is 1. The second-order valence-electron chi connectivity index (χ2n) is 7.68. The molecular formula is C22H29N3O3S. The van der Waals surface area contributed by atoms with Gasteiger partial charge in [0, 0.05) is 31.9 Å². The average molecular weight is 416 g/mol. The fourth-order valence-electron chi connectivity index (χ4n) is 3.75. The highest BCUT2D eigenvalue weighted by Gasteiger charge is 2.32. The fraction of sp³-hybridized carbons (Fsp3) is 0.409. The first-order valence-corrected chi connectivity index (χ1v) is 11.3.